The number of ether oxygens (including phenoxy) is 2. The molecule has 1 unspecified atom stereocenters. The number of aliphatic hydroxyl groups excluding tert-OH is 1. The van der Waals surface area contributed by atoms with Crippen molar-refractivity contribution in [2.24, 2.45) is 4.99 Å². The van der Waals surface area contributed by atoms with E-state index in [0.717, 1.165) is 11.5 Å². The summed E-state index contributed by atoms with van der Waals surface area (Å²) in [4.78, 5) is 19.3. The predicted molar refractivity (Wildman–Crippen MR) is 103 cm³/mol. The number of fused-ring (bicyclic) bond motifs is 3. The van der Waals surface area contributed by atoms with Gasteiger partial charge in [0.05, 0.1) is 0 Å². The number of esters is 1. The summed E-state index contributed by atoms with van der Waals surface area (Å²) in [5.41, 5.74) is 0.921. The second-order valence-corrected chi connectivity index (χ2v) is 9.87. The molecule has 0 aliphatic carbocycles. The van der Waals surface area contributed by atoms with Gasteiger partial charge in [-0.3, -0.25) is 0 Å². The zero-order chi connectivity index (χ0) is 20.2. The van der Waals surface area contributed by atoms with Crippen LogP contribution in [-0.2, 0) is 27.8 Å². The van der Waals surface area contributed by atoms with Gasteiger partial charge in [0, 0.05) is 0 Å². The van der Waals surface area contributed by atoms with Crippen molar-refractivity contribution >= 4 is 27.7 Å². The Morgan fingerprint density at radius 1 is 1.55 bits per heavy atom. The Morgan fingerprint density at radius 2 is 2.41 bits per heavy atom. The molecule has 0 aromatic rings. The van der Waals surface area contributed by atoms with Gasteiger partial charge in [-0.25, -0.2) is 0 Å². The molecular formula is C15H23BN5O7P. The van der Waals surface area contributed by atoms with Crippen molar-refractivity contribution in [1.82, 2.24) is 20.4 Å². The van der Waals surface area contributed by atoms with Crippen molar-refractivity contribution in [3.8, 4) is 0 Å². The van der Waals surface area contributed by atoms with Crippen LogP contribution in [0.3, 0.4) is 0 Å². The van der Waals surface area contributed by atoms with E-state index in [1.165, 1.54) is 6.92 Å². The summed E-state index contributed by atoms with van der Waals surface area (Å²) in [5.74, 6) is 0.266. The molecule has 2 saturated heterocycles. The van der Waals surface area contributed by atoms with Crippen molar-refractivity contribution in [1.29, 1.82) is 0 Å². The standard InChI is InChI=1S/C15H23BN5O7P/c1-8(22)24-7-26-29(16)25-4-9-12(28-29)11(23)15(27-9)21-6-18-10-13-17-2-3-20(13)5-19-14(10)21/h2-3,5,9,11-13,15,17-18,23,29H,4,6-7,16H2,1H3/t9-,11+,12+,13?,15-/m1/s1. The molecule has 0 spiro atoms. The third-order valence-electron chi connectivity index (χ3n) is 5.40. The van der Waals surface area contributed by atoms with Gasteiger partial charge < -0.3 is 0 Å². The quantitative estimate of drug-likeness (QED) is 0.197. The molecule has 5 aliphatic heterocycles. The Balaban J connectivity index is 1.28. The number of aliphatic hydroxyl groups is 1. The first kappa shape index (κ1) is 19.1. The van der Waals surface area contributed by atoms with E-state index in [9.17, 15) is 9.90 Å². The maximum atomic E-state index is 11.0. The van der Waals surface area contributed by atoms with Gasteiger partial charge in [-0.2, -0.15) is 0 Å². The minimum absolute atomic E-state index is 0.0433. The Kier molecular flexibility index (Phi) is 4.69. The van der Waals surface area contributed by atoms with E-state index in [2.05, 4.69) is 15.6 Å². The third-order valence-corrected chi connectivity index (χ3v) is 7.43. The molecule has 5 heterocycles. The maximum absolute atomic E-state index is 11.0. The molecule has 0 radical (unpaired) electrons. The van der Waals surface area contributed by atoms with E-state index in [1.807, 2.05) is 22.2 Å². The molecule has 0 aromatic carbocycles. The Bertz CT molecular complexity index is 799. The molecule has 0 saturated carbocycles. The molecule has 0 aromatic heterocycles. The van der Waals surface area contributed by atoms with E-state index in [0.29, 0.717) is 6.67 Å². The minimum atomic E-state index is -3.07. The molecule has 12 nitrogen and oxygen atoms in total. The third kappa shape index (κ3) is 3.27. The molecule has 5 rings (SSSR count). The van der Waals surface area contributed by atoms with Gasteiger partial charge in [0.2, 0.25) is 0 Å². The van der Waals surface area contributed by atoms with Gasteiger partial charge in [0.1, 0.15) is 0 Å². The van der Waals surface area contributed by atoms with Crippen molar-refractivity contribution in [3.05, 3.63) is 23.9 Å². The van der Waals surface area contributed by atoms with Gasteiger partial charge in [0.15, 0.2) is 0 Å². The van der Waals surface area contributed by atoms with Gasteiger partial charge in [0.25, 0.3) is 0 Å². The number of rotatable bonds is 4. The van der Waals surface area contributed by atoms with E-state index < -0.39 is 38.3 Å². The molecule has 2 fully saturated rings. The van der Waals surface area contributed by atoms with Crippen LogP contribution in [0.1, 0.15) is 6.92 Å². The Labute approximate surface area is 168 Å². The molecule has 3 N–H and O–H groups in total. The molecular weight excluding hydrogens is 404 g/mol. The van der Waals surface area contributed by atoms with Crippen LogP contribution in [-0.4, -0.2) is 85.6 Å². The van der Waals surface area contributed by atoms with Crippen molar-refractivity contribution < 1.29 is 32.9 Å². The summed E-state index contributed by atoms with van der Waals surface area (Å²) in [6.07, 6.45) is 2.85. The van der Waals surface area contributed by atoms with Gasteiger partial charge >= 0.3 is 168 Å². The Hall–Kier alpha value is -1.89. The summed E-state index contributed by atoms with van der Waals surface area (Å²) in [6.45, 7) is 1.71. The molecule has 158 valence electrons. The van der Waals surface area contributed by atoms with Gasteiger partial charge in [-0.05, 0) is 0 Å². The average Bonchev–Trinajstić information content (AvgIpc) is 3.38. The van der Waals surface area contributed by atoms with Crippen LogP contribution in [0.25, 0.3) is 0 Å². The molecule has 14 heteroatoms. The van der Waals surface area contributed by atoms with Crippen LogP contribution in [0, 0.1) is 0 Å². The molecule has 5 aliphatic rings. The van der Waals surface area contributed by atoms with Crippen molar-refractivity contribution in [2.75, 3.05) is 20.1 Å². The zero-order valence-corrected chi connectivity index (χ0v) is 17.0. The van der Waals surface area contributed by atoms with Crippen LogP contribution in [0.4, 0.5) is 0 Å². The van der Waals surface area contributed by atoms with E-state index in [-0.39, 0.29) is 19.6 Å². The summed E-state index contributed by atoms with van der Waals surface area (Å²) in [5, 5.41) is 17.5. The van der Waals surface area contributed by atoms with Crippen molar-refractivity contribution in [2.45, 2.75) is 37.6 Å². The predicted octanol–water partition coefficient (Wildman–Crippen LogP) is -2.16. The number of nitrogens with zero attached hydrogens (tertiary/aromatic N) is 3. The normalized spacial score (nSPS) is 37.5. The SMILES string of the molecule is B[PH]1(OCOC(C)=O)OC[C@H]2O[C@@H](N3CNC4=C3N=CN3C=CNC43)[C@@H](O)[C@H]2O1. The first-order chi connectivity index (χ1) is 14.0. The summed E-state index contributed by atoms with van der Waals surface area (Å²) in [6, 6.07) is 0. The number of nitrogens with one attached hydrogen (secondary N) is 2. The number of carbonyl (C=O) groups is 1. The number of aliphatic imine (C=N–C) groups is 1. The summed E-state index contributed by atoms with van der Waals surface area (Å²) in [7, 11) is -1.37. The number of hydrogen-bond acceptors (Lipinski definition) is 12. The van der Waals surface area contributed by atoms with E-state index in [1.54, 1.807) is 13.9 Å². The second-order valence-electron chi connectivity index (χ2n) is 7.33. The first-order valence-electron chi connectivity index (χ1n) is 9.37. The number of hydrogen-bond donors (Lipinski definition) is 3. The molecule has 0 amide bonds. The van der Waals surface area contributed by atoms with Crippen LogP contribution in [0.5, 0.6) is 0 Å². The average molecular weight is 427 g/mol. The number of carbonyl (C=O) groups excluding carboxylic acids is 1. The van der Waals surface area contributed by atoms with Gasteiger partial charge in [-0.1, -0.05) is 0 Å². The van der Waals surface area contributed by atoms with Crippen LogP contribution >= 0.6 is 7.82 Å². The topological polar surface area (TPSA) is 126 Å². The molecule has 5 atom stereocenters. The zero-order valence-electron chi connectivity index (χ0n) is 16.0. The van der Waals surface area contributed by atoms with Crippen LogP contribution in [0.2, 0.25) is 0 Å². The van der Waals surface area contributed by atoms with Crippen LogP contribution < -0.4 is 10.6 Å². The fourth-order valence-corrected chi connectivity index (χ4v) is 5.72. The Morgan fingerprint density at radius 3 is 3.24 bits per heavy atom. The molecule has 0 bridgehead atoms. The second kappa shape index (κ2) is 7.12. The van der Waals surface area contributed by atoms with Crippen molar-refractivity contribution in [3.63, 3.8) is 0 Å². The fraction of sp³-hybridized carbons (Fsp3) is 0.600. The van der Waals surface area contributed by atoms with E-state index >= 15 is 0 Å². The van der Waals surface area contributed by atoms with E-state index in [4.69, 9.17) is 23.0 Å². The van der Waals surface area contributed by atoms with Crippen LogP contribution in [0.15, 0.2) is 28.9 Å². The summed E-state index contributed by atoms with van der Waals surface area (Å²) < 4.78 is 28.1. The van der Waals surface area contributed by atoms with Gasteiger partial charge in [-0.15, -0.1) is 0 Å². The monoisotopic (exact) mass is 427 g/mol. The fourth-order valence-electron chi connectivity index (χ4n) is 3.97. The first-order valence-corrected chi connectivity index (χ1v) is 11.6. The molecule has 29 heavy (non-hydrogen) atoms. The summed E-state index contributed by atoms with van der Waals surface area (Å²) >= 11 is 0.